The second kappa shape index (κ2) is 5.68. The largest absolute Gasteiger partial charge is 0.478 e. The van der Waals surface area contributed by atoms with Gasteiger partial charge < -0.3 is 5.11 Å². The Balaban J connectivity index is 3.20. The van der Waals surface area contributed by atoms with Crippen LogP contribution in [-0.2, 0) is 10.0 Å². The molecule has 0 aliphatic rings. The number of hydrogen-bond acceptors (Lipinski definition) is 5. The molecule has 1 aromatic rings. The molecule has 1 rings (SSSR count). The number of rotatable bonds is 5. The first-order valence-electron chi connectivity index (χ1n) is 5.93. The van der Waals surface area contributed by atoms with Gasteiger partial charge in [-0.1, -0.05) is 20.8 Å². The van der Waals surface area contributed by atoms with Crippen LogP contribution in [0.25, 0.3) is 0 Å². The number of anilines is 1. The molecular weight excluding hydrogens is 300 g/mol. The summed E-state index contributed by atoms with van der Waals surface area (Å²) in [5.74, 6) is -1.56. The van der Waals surface area contributed by atoms with E-state index in [4.69, 9.17) is 5.11 Å². The quantitative estimate of drug-likeness (QED) is 0.632. The maximum Gasteiger partial charge on any atom is 0.335 e. The molecular formula is C12H16N2O6S. The summed E-state index contributed by atoms with van der Waals surface area (Å²) in [5.41, 5.74) is -1.68. The molecule has 0 unspecified atom stereocenters. The number of benzene rings is 1. The normalized spacial score (nSPS) is 12.0. The summed E-state index contributed by atoms with van der Waals surface area (Å²) in [6.07, 6.45) is 0. The molecule has 9 heteroatoms. The minimum atomic E-state index is -3.78. The van der Waals surface area contributed by atoms with E-state index in [0.717, 1.165) is 18.2 Å². The molecule has 0 aliphatic heterocycles. The van der Waals surface area contributed by atoms with Crippen LogP contribution in [0.1, 0.15) is 31.1 Å². The van der Waals surface area contributed by atoms with Gasteiger partial charge in [0.1, 0.15) is 5.69 Å². The third-order valence-electron chi connectivity index (χ3n) is 2.33. The summed E-state index contributed by atoms with van der Waals surface area (Å²) in [5, 5.41) is 19.8. The number of nitrogens with one attached hydrogen (secondary N) is 1. The first kappa shape index (κ1) is 16.9. The van der Waals surface area contributed by atoms with Gasteiger partial charge in [-0.05, 0) is 17.5 Å². The van der Waals surface area contributed by atoms with Crippen LogP contribution in [0.2, 0.25) is 0 Å². The molecule has 116 valence electrons. The maximum absolute atomic E-state index is 12.0. The Morgan fingerprint density at radius 1 is 1.38 bits per heavy atom. The predicted molar refractivity (Wildman–Crippen MR) is 76.9 cm³/mol. The van der Waals surface area contributed by atoms with Crippen molar-refractivity contribution in [3.05, 3.63) is 33.9 Å². The summed E-state index contributed by atoms with van der Waals surface area (Å²) in [6, 6.07) is 2.99. The second-order valence-corrected chi connectivity index (χ2v) is 7.44. The average molecular weight is 316 g/mol. The van der Waals surface area contributed by atoms with E-state index in [1.165, 1.54) is 0 Å². The van der Waals surface area contributed by atoms with E-state index in [9.17, 15) is 23.3 Å². The van der Waals surface area contributed by atoms with Crippen molar-refractivity contribution in [2.75, 3.05) is 10.5 Å². The van der Waals surface area contributed by atoms with Crippen molar-refractivity contribution >= 4 is 27.4 Å². The highest BCUT2D eigenvalue weighted by molar-refractivity contribution is 7.92. The van der Waals surface area contributed by atoms with Gasteiger partial charge in [-0.25, -0.2) is 13.2 Å². The predicted octanol–water partition coefficient (Wildman–Crippen LogP) is 2.08. The van der Waals surface area contributed by atoms with Crippen molar-refractivity contribution < 1.29 is 23.2 Å². The number of carboxylic acid groups (broad SMARTS) is 1. The molecule has 0 bridgehead atoms. The van der Waals surface area contributed by atoms with Gasteiger partial charge in [0.25, 0.3) is 5.69 Å². The number of carbonyl (C=O) groups is 1. The number of hydrogen-bond donors (Lipinski definition) is 2. The SMILES string of the molecule is CC(C)(C)CS(=O)(=O)Nc1ccc(C(=O)O)cc1[N+](=O)[O-]. The summed E-state index contributed by atoms with van der Waals surface area (Å²) in [6.45, 7) is 5.15. The van der Waals surface area contributed by atoms with Gasteiger partial charge in [0.05, 0.1) is 16.2 Å². The third-order valence-corrected chi connectivity index (χ3v) is 4.11. The fourth-order valence-corrected chi connectivity index (χ4v) is 3.40. The molecule has 2 N–H and O–H groups in total. The number of nitrogens with zero attached hydrogens (tertiary/aromatic N) is 1. The van der Waals surface area contributed by atoms with Crippen molar-refractivity contribution in [2.45, 2.75) is 20.8 Å². The molecule has 0 heterocycles. The van der Waals surface area contributed by atoms with Crippen LogP contribution in [-0.4, -0.2) is 30.2 Å². The number of nitro groups is 1. The number of sulfonamides is 1. The maximum atomic E-state index is 12.0. The molecule has 0 radical (unpaired) electrons. The van der Waals surface area contributed by atoms with E-state index in [1.54, 1.807) is 20.8 Å². The van der Waals surface area contributed by atoms with E-state index in [2.05, 4.69) is 4.72 Å². The zero-order chi connectivity index (χ0) is 16.4. The van der Waals surface area contributed by atoms with E-state index in [-0.39, 0.29) is 17.0 Å². The standard InChI is InChI=1S/C12H16N2O6S/c1-12(2,3)7-21(19,20)13-9-5-4-8(11(15)16)6-10(9)14(17)18/h4-6,13H,7H2,1-3H3,(H,15,16). The molecule has 0 amide bonds. The van der Waals surface area contributed by atoms with Gasteiger partial charge in [0.15, 0.2) is 0 Å². The highest BCUT2D eigenvalue weighted by Gasteiger charge is 2.25. The van der Waals surface area contributed by atoms with Gasteiger partial charge >= 0.3 is 5.97 Å². The minimum Gasteiger partial charge on any atom is -0.478 e. The van der Waals surface area contributed by atoms with Gasteiger partial charge in [0.2, 0.25) is 10.0 Å². The second-order valence-electron chi connectivity index (χ2n) is 5.72. The molecule has 0 aromatic heterocycles. The zero-order valence-electron chi connectivity index (χ0n) is 11.8. The fourth-order valence-electron chi connectivity index (χ4n) is 1.68. The monoisotopic (exact) mass is 316 g/mol. The third kappa shape index (κ3) is 5.03. The summed E-state index contributed by atoms with van der Waals surface area (Å²) >= 11 is 0. The Morgan fingerprint density at radius 2 is 1.95 bits per heavy atom. The lowest BCUT2D eigenvalue weighted by Crippen LogP contribution is -2.26. The van der Waals surface area contributed by atoms with Gasteiger partial charge in [-0.2, -0.15) is 0 Å². The molecule has 1 aromatic carbocycles. The molecule has 0 atom stereocenters. The zero-order valence-corrected chi connectivity index (χ0v) is 12.6. The van der Waals surface area contributed by atoms with Crippen molar-refractivity contribution in [3.63, 3.8) is 0 Å². The van der Waals surface area contributed by atoms with Crippen LogP contribution in [0.4, 0.5) is 11.4 Å². The van der Waals surface area contributed by atoms with Gasteiger partial charge in [-0.3, -0.25) is 14.8 Å². The lowest BCUT2D eigenvalue weighted by molar-refractivity contribution is -0.383. The Bertz CT molecular complexity index is 675. The number of carboxylic acids is 1. The smallest absolute Gasteiger partial charge is 0.335 e. The highest BCUT2D eigenvalue weighted by Crippen LogP contribution is 2.28. The van der Waals surface area contributed by atoms with E-state index < -0.39 is 32.0 Å². The highest BCUT2D eigenvalue weighted by atomic mass is 32.2. The average Bonchev–Trinajstić information content (AvgIpc) is 2.24. The topological polar surface area (TPSA) is 127 Å². The van der Waals surface area contributed by atoms with Crippen molar-refractivity contribution in [1.82, 2.24) is 0 Å². The summed E-state index contributed by atoms with van der Waals surface area (Å²) in [4.78, 5) is 20.9. The van der Waals surface area contributed by atoms with Crippen molar-refractivity contribution in [2.24, 2.45) is 5.41 Å². The molecule has 0 fully saturated rings. The van der Waals surface area contributed by atoms with E-state index in [0.29, 0.717) is 0 Å². The fraction of sp³-hybridized carbons (Fsp3) is 0.417. The van der Waals surface area contributed by atoms with Crippen LogP contribution < -0.4 is 4.72 Å². The van der Waals surface area contributed by atoms with Crippen LogP contribution in [0, 0.1) is 15.5 Å². The molecule has 0 spiro atoms. The van der Waals surface area contributed by atoms with Crippen LogP contribution in [0.5, 0.6) is 0 Å². The Labute approximate surface area is 122 Å². The van der Waals surface area contributed by atoms with Crippen LogP contribution in [0.15, 0.2) is 18.2 Å². The first-order valence-corrected chi connectivity index (χ1v) is 7.59. The molecule has 8 nitrogen and oxygen atoms in total. The van der Waals surface area contributed by atoms with Gasteiger partial charge in [0, 0.05) is 6.07 Å². The Morgan fingerprint density at radius 3 is 2.38 bits per heavy atom. The summed E-state index contributed by atoms with van der Waals surface area (Å²) in [7, 11) is -3.78. The molecule has 0 saturated heterocycles. The molecule has 0 saturated carbocycles. The van der Waals surface area contributed by atoms with Crippen molar-refractivity contribution in [3.8, 4) is 0 Å². The van der Waals surface area contributed by atoms with Gasteiger partial charge in [-0.15, -0.1) is 0 Å². The molecule has 21 heavy (non-hydrogen) atoms. The van der Waals surface area contributed by atoms with E-state index >= 15 is 0 Å². The van der Waals surface area contributed by atoms with Crippen LogP contribution in [0.3, 0.4) is 0 Å². The van der Waals surface area contributed by atoms with E-state index in [1.807, 2.05) is 0 Å². The Kier molecular flexibility index (Phi) is 4.57. The van der Waals surface area contributed by atoms with Crippen LogP contribution >= 0.6 is 0 Å². The lowest BCUT2D eigenvalue weighted by atomic mass is 10.0. The number of nitro benzene ring substituents is 1. The lowest BCUT2D eigenvalue weighted by Gasteiger charge is -2.18. The Hall–Kier alpha value is -2.16. The molecule has 0 aliphatic carbocycles. The van der Waals surface area contributed by atoms with Crippen molar-refractivity contribution in [1.29, 1.82) is 0 Å². The minimum absolute atomic E-state index is 0.224. The summed E-state index contributed by atoms with van der Waals surface area (Å²) < 4.78 is 26.0. The first-order chi connectivity index (χ1) is 9.41. The number of aromatic carboxylic acids is 1.